The van der Waals surface area contributed by atoms with Crippen molar-refractivity contribution in [2.75, 3.05) is 34.3 Å². The first-order chi connectivity index (χ1) is 10.1. The van der Waals surface area contributed by atoms with Crippen molar-refractivity contribution in [2.45, 2.75) is 0 Å². The Kier molecular flexibility index (Phi) is 4.94. The average molecular weight is 289 g/mol. The van der Waals surface area contributed by atoms with Crippen LogP contribution in [0.25, 0.3) is 11.3 Å². The zero-order chi connectivity index (χ0) is 15.2. The lowest BCUT2D eigenvalue weighted by Crippen LogP contribution is -2.31. The molecule has 0 saturated carbocycles. The van der Waals surface area contributed by atoms with Crippen LogP contribution in [0.1, 0.15) is 10.4 Å². The molecule has 0 radical (unpaired) electrons. The smallest absolute Gasteiger partial charge is 0.256 e. The highest BCUT2D eigenvalue weighted by atomic mass is 16.5. The number of hydrogen-bond donors (Lipinski definition) is 1. The molecule has 6 nitrogen and oxygen atoms in total. The van der Waals surface area contributed by atoms with Gasteiger partial charge in [0.2, 0.25) is 0 Å². The highest BCUT2D eigenvalue weighted by Gasteiger charge is 2.17. The highest BCUT2D eigenvalue weighted by molar-refractivity contribution is 5.99. The minimum absolute atomic E-state index is 0.191. The molecule has 112 valence electrons. The highest BCUT2D eigenvalue weighted by Crippen LogP contribution is 2.25. The Morgan fingerprint density at radius 1 is 1.33 bits per heavy atom. The first-order valence-corrected chi connectivity index (χ1v) is 6.64. The summed E-state index contributed by atoms with van der Waals surface area (Å²) in [6.45, 7) is 1.34. The van der Waals surface area contributed by atoms with Crippen molar-refractivity contribution in [3.8, 4) is 17.1 Å². The average Bonchev–Trinajstić information content (AvgIpc) is 2.96. The zero-order valence-corrected chi connectivity index (χ0v) is 12.4. The standard InChI is InChI=1S/C15H19N3O3/c1-18(2)9-8-16-15(19)13-10-17-21-14(13)11-4-6-12(20-3)7-5-11/h4-7,10H,8-9H2,1-3H3,(H,16,19). The third-order valence-corrected chi connectivity index (χ3v) is 3.01. The Morgan fingerprint density at radius 3 is 2.67 bits per heavy atom. The minimum atomic E-state index is -0.191. The zero-order valence-electron chi connectivity index (χ0n) is 12.4. The second kappa shape index (κ2) is 6.90. The SMILES string of the molecule is COc1ccc(-c2oncc2C(=O)NCCN(C)C)cc1. The number of aromatic nitrogens is 1. The van der Waals surface area contributed by atoms with Crippen LogP contribution in [0, 0.1) is 0 Å². The summed E-state index contributed by atoms with van der Waals surface area (Å²) in [7, 11) is 5.51. The van der Waals surface area contributed by atoms with Crippen LogP contribution in [0.2, 0.25) is 0 Å². The van der Waals surface area contributed by atoms with Crippen LogP contribution in [0.4, 0.5) is 0 Å². The van der Waals surface area contributed by atoms with E-state index in [0.717, 1.165) is 17.9 Å². The van der Waals surface area contributed by atoms with E-state index in [9.17, 15) is 4.79 Å². The molecule has 1 heterocycles. The number of likely N-dealkylation sites (N-methyl/N-ethyl adjacent to an activating group) is 1. The summed E-state index contributed by atoms with van der Waals surface area (Å²) >= 11 is 0. The van der Waals surface area contributed by atoms with E-state index in [2.05, 4.69) is 10.5 Å². The fourth-order valence-corrected chi connectivity index (χ4v) is 1.84. The fourth-order valence-electron chi connectivity index (χ4n) is 1.84. The monoisotopic (exact) mass is 289 g/mol. The van der Waals surface area contributed by atoms with Gasteiger partial charge in [0.15, 0.2) is 5.76 Å². The molecule has 0 aliphatic carbocycles. The number of rotatable bonds is 6. The molecule has 0 spiro atoms. The van der Waals surface area contributed by atoms with Gasteiger partial charge >= 0.3 is 0 Å². The van der Waals surface area contributed by atoms with Crippen LogP contribution in [-0.2, 0) is 0 Å². The predicted molar refractivity (Wildman–Crippen MR) is 79.4 cm³/mol. The van der Waals surface area contributed by atoms with E-state index in [-0.39, 0.29) is 5.91 Å². The van der Waals surface area contributed by atoms with Crippen molar-refractivity contribution in [3.63, 3.8) is 0 Å². The third kappa shape index (κ3) is 3.82. The van der Waals surface area contributed by atoms with Crippen LogP contribution in [0.5, 0.6) is 5.75 Å². The van der Waals surface area contributed by atoms with Gasteiger partial charge in [-0.2, -0.15) is 0 Å². The van der Waals surface area contributed by atoms with Crippen LogP contribution >= 0.6 is 0 Å². The topological polar surface area (TPSA) is 67.6 Å². The summed E-state index contributed by atoms with van der Waals surface area (Å²) < 4.78 is 10.3. The van der Waals surface area contributed by atoms with E-state index in [1.165, 1.54) is 6.20 Å². The van der Waals surface area contributed by atoms with Gasteiger partial charge < -0.3 is 19.5 Å². The van der Waals surface area contributed by atoms with Crippen molar-refractivity contribution in [1.82, 2.24) is 15.4 Å². The van der Waals surface area contributed by atoms with Crippen LogP contribution in [0.3, 0.4) is 0 Å². The van der Waals surface area contributed by atoms with E-state index in [4.69, 9.17) is 9.26 Å². The van der Waals surface area contributed by atoms with Gasteiger partial charge in [-0.25, -0.2) is 0 Å². The lowest BCUT2D eigenvalue weighted by atomic mass is 10.1. The molecular formula is C15H19N3O3. The van der Waals surface area contributed by atoms with Gasteiger partial charge in [-0.15, -0.1) is 0 Å². The summed E-state index contributed by atoms with van der Waals surface area (Å²) in [6.07, 6.45) is 1.44. The molecule has 6 heteroatoms. The molecule has 0 atom stereocenters. The van der Waals surface area contributed by atoms with Crippen molar-refractivity contribution in [2.24, 2.45) is 0 Å². The molecular weight excluding hydrogens is 270 g/mol. The molecule has 0 saturated heterocycles. The quantitative estimate of drug-likeness (QED) is 0.875. The van der Waals surface area contributed by atoms with Gasteiger partial charge in [0.1, 0.15) is 11.3 Å². The minimum Gasteiger partial charge on any atom is -0.497 e. The van der Waals surface area contributed by atoms with Gasteiger partial charge in [-0.3, -0.25) is 4.79 Å². The number of amides is 1. The molecule has 0 bridgehead atoms. The summed E-state index contributed by atoms with van der Waals surface area (Å²) in [6, 6.07) is 7.28. The van der Waals surface area contributed by atoms with Crippen molar-refractivity contribution in [3.05, 3.63) is 36.0 Å². The predicted octanol–water partition coefficient (Wildman–Crippen LogP) is 1.64. The van der Waals surface area contributed by atoms with Gasteiger partial charge in [-0.1, -0.05) is 5.16 Å². The van der Waals surface area contributed by atoms with Gasteiger partial charge in [0.25, 0.3) is 5.91 Å². The van der Waals surface area contributed by atoms with E-state index in [1.807, 2.05) is 43.3 Å². The van der Waals surface area contributed by atoms with Crippen molar-refractivity contribution < 1.29 is 14.1 Å². The lowest BCUT2D eigenvalue weighted by Gasteiger charge is -2.10. The molecule has 1 N–H and O–H groups in total. The van der Waals surface area contributed by atoms with E-state index < -0.39 is 0 Å². The molecule has 2 rings (SSSR count). The molecule has 0 aliphatic heterocycles. The first kappa shape index (κ1) is 15.1. The van der Waals surface area contributed by atoms with Crippen molar-refractivity contribution >= 4 is 5.91 Å². The first-order valence-electron chi connectivity index (χ1n) is 6.64. The number of benzene rings is 1. The number of carbonyl (C=O) groups excluding carboxylic acids is 1. The van der Waals surface area contributed by atoms with Gasteiger partial charge in [-0.05, 0) is 38.4 Å². The maximum atomic E-state index is 12.2. The Balaban J connectivity index is 2.11. The molecule has 0 unspecified atom stereocenters. The second-order valence-corrected chi connectivity index (χ2v) is 4.86. The summed E-state index contributed by atoms with van der Waals surface area (Å²) in [5.41, 5.74) is 1.21. The number of nitrogens with zero attached hydrogens (tertiary/aromatic N) is 2. The van der Waals surface area contributed by atoms with E-state index in [0.29, 0.717) is 17.9 Å². The van der Waals surface area contributed by atoms with Gasteiger partial charge in [0.05, 0.1) is 13.3 Å². The van der Waals surface area contributed by atoms with Gasteiger partial charge in [0, 0.05) is 18.7 Å². The summed E-state index contributed by atoms with van der Waals surface area (Å²) in [4.78, 5) is 14.1. The molecule has 1 aromatic carbocycles. The Labute approximate surface area is 123 Å². The summed E-state index contributed by atoms with van der Waals surface area (Å²) in [5, 5.41) is 6.57. The van der Waals surface area contributed by atoms with Crippen LogP contribution in [0.15, 0.2) is 35.0 Å². The molecule has 0 aliphatic rings. The number of nitrogens with one attached hydrogen (secondary N) is 1. The molecule has 2 aromatic rings. The third-order valence-electron chi connectivity index (χ3n) is 3.01. The maximum absolute atomic E-state index is 12.2. The Bertz CT molecular complexity index is 590. The second-order valence-electron chi connectivity index (χ2n) is 4.86. The van der Waals surface area contributed by atoms with Crippen LogP contribution < -0.4 is 10.1 Å². The maximum Gasteiger partial charge on any atom is 0.256 e. The summed E-state index contributed by atoms with van der Waals surface area (Å²) in [5.74, 6) is 1.01. The van der Waals surface area contributed by atoms with Crippen LogP contribution in [-0.4, -0.2) is 50.3 Å². The van der Waals surface area contributed by atoms with E-state index in [1.54, 1.807) is 7.11 Å². The fraction of sp³-hybridized carbons (Fsp3) is 0.333. The Hall–Kier alpha value is -2.34. The van der Waals surface area contributed by atoms with Crippen molar-refractivity contribution in [1.29, 1.82) is 0 Å². The number of ether oxygens (including phenoxy) is 1. The molecule has 1 amide bonds. The lowest BCUT2D eigenvalue weighted by molar-refractivity contribution is 0.0951. The number of hydrogen-bond acceptors (Lipinski definition) is 5. The Morgan fingerprint density at radius 2 is 2.05 bits per heavy atom. The normalized spacial score (nSPS) is 10.7. The number of methoxy groups -OCH3 is 1. The molecule has 1 aromatic heterocycles. The largest absolute Gasteiger partial charge is 0.497 e. The van der Waals surface area contributed by atoms with E-state index >= 15 is 0 Å². The number of carbonyl (C=O) groups is 1. The molecule has 0 fully saturated rings. The molecule has 21 heavy (non-hydrogen) atoms.